The standard InChI is InChI=1S/C18H15N3O/c1-13(22)17-7-6-15(11-20)9-18(17)21(2)12-16-5-3-4-14(8-16)10-19/h3-9H,12H2,1-2H3. The number of carbonyl (C=O) groups excluding carboxylic acids is 1. The maximum absolute atomic E-state index is 11.8. The van der Waals surface area contributed by atoms with E-state index in [0.717, 1.165) is 5.56 Å². The quantitative estimate of drug-likeness (QED) is 0.810. The van der Waals surface area contributed by atoms with Crippen molar-refractivity contribution in [2.45, 2.75) is 13.5 Å². The van der Waals surface area contributed by atoms with E-state index >= 15 is 0 Å². The maximum atomic E-state index is 11.8. The van der Waals surface area contributed by atoms with Crippen LogP contribution in [-0.4, -0.2) is 12.8 Å². The SMILES string of the molecule is CC(=O)c1ccc(C#N)cc1N(C)Cc1cccc(C#N)c1. The maximum Gasteiger partial charge on any atom is 0.161 e. The highest BCUT2D eigenvalue weighted by molar-refractivity contribution is 6.00. The third-order valence-corrected chi connectivity index (χ3v) is 3.39. The Bertz CT molecular complexity index is 797. The molecule has 0 aliphatic carbocycles. The van der Waals surface area contributed by atoms with E-state index in [1.165, 1.54) is 6.92 Å². The molecular formula is C18H15N3O. The minimum Gasteiger partial charge on any atom is -0.370 e. The molecule has 108 valence electrons. The number of Topliss-reactive ketones (excluding diaryl/α,β-unsaturated/α-hetero) is 1. The predicted octanol–water partition coefficient (Wildman–Crippen LogP) is 3.27. The molecule has 0 fully saturated rings. The topological polar surface area (TPSA) is 67.9 Å². The summed E-state index contributed by atoms with van der Waals surface area (Å²) in [5, 5.41) is 18.0. The molecule has 0 radical (unpaired) electrons. The van der Waals surface area contributed by atoms with Crippen molar-refractivity contribution in [2.75, 3.05) is 11.9 Å². The summed E-state index contributed by atoms with van der Waals surface area (Å²) in [7, 11) is 1.86. The molecule has 0 heterocycles. The number of ketones is 1. The molecular weight excluding hydrogens is 274 g/mol. The van der Waals surface area contributed by atoms with Crippen molar-refractivity contribution in [2.24, 2.45) is 0 Å². The van der Waals surface area contributed by atoms with E-state index in [9.17, 15) is 4.79 Å². The molecule has 22 heavy (non-hydrogen) atoms. The van der Waals surface area contributed by atoms with Crippen LogP contribution in [0.3, 0.4) is 0 Å². The van der Waals surface area contributed by atoms with Crippen LogP contribution in [0.1, 0.15) is 34.0 Å². The molecule has 0 aliphatic rings. The van der Waals surface area contributed by atoms with Gasteiger partial charge in [-0.25, -0.2) is 0 Å². The molecule has 0 unspecified atom stereocenters. The van der Waals surface area contributed by atoms with E-state index in [-0.39, 0.29) is 5.78 Å². The minimum atomic E-state index is -0.0443. The van der Waals surface area contributed by atoms with Crippen LogP contribution in [0.25, 0.3) is 0 Å². The lowest BCUT2D eigenvalue weighted by Gasteiger charge is -2.22. The molecule has 0 atom stereocenters. The van der Waals surface area contributed by atoms with E-state index in [2.05, 4.69) is 12.1 Å². The first-order valence-corrected chi connectivity index (χ1v) is 6.80. The Morgan fingerprint density at radius 1 is 1.09 bits per heavy atom. The molecule has 2 aromatic rings. The van der Waals surface area contributed by atoms with Gasteiger partial charge < -0.3 is 4.90 Å². The number of hydrogen-bond donors (Lipinski definition) is 0. The van der Waals surface area contributed by atoms with Crippen molar-refractivity contribution in [1.82, 2.24) is 0 Å². The number of nitrogens with zero attached hydrogens (tertiary/aromatic N) is 3. The molecule has 2 rings (SSSR count). The first kappa shape index (κ1) is 15.3. The molecule has 0 bridgehead atoms. The van der Waals surface area contributed by atoms with Crippen molar-refractivity contribution in [3.05, 3.63) is 64.7 Å². The van der Waals surface area contributed by atoms with Gasteiger partial charge in [0.2, 0.25) is 0 Å². The number of carbonyl (C=O) groups is 1. The Labute approximate surface area is 129 Å². The Kier molecular flexibility index (Phi) is 4.56. The van der Waals surface area contributed by atoms with Gasteiger partial charge in [-0.1, -0.05) is 12.1 Å². The Hall–Kier alpha value is -3.11. The van der Waals surface area contributed by atoms with Gasteiger partial charge in [0.05, 0.1) is 23.3 Å². The number of benzene rings is 2. The van der Waals surface area contributed by atoms with Gasteiger partial charge in [-0.15, -0.1) is 0 Å². The number of anilines is 1. The average molecular weight is 289 g/mol. The molecule has 0 saturated carbocycles. The summed E-state index contributed by atoms with van der Waals surface area (Å²) in [4.78, 5) is 13.7. The van der Waals surface area contributed by atoms with Crippen LogP contribution in [0, 0.1) is 22.7 Å². The third-order valence-electron chi connectivity index (χ3n) is 3.39. The van der Waals surface area contributed by atoms with Gasteiger partial charge in [0, 0.05) is 24.8 Å². The summed E-state index contributed by atoms with van der Waals surface area (Å²) in [6.07, 6.45) is 0. The molecule has 4 heteroatoms. The molecule has 4 nitrogen and oxygen atoms in total. The summed E-state index contributed by atoms with van der Waals surface area (Å²) in [6.45, 7) is 2.06. The van der Waals surface area contributed by atoms with Gasteiger partial charge >= 0.3 is 0 Å². The summed E-state index contributed by atoms with van der Waals surface area (Å²) in [5.74, 6) is -0.0443. The Balaban J connectivity index is 2.36. The fourth-order valence-corrected chi connectivity index (χ4v) is 2.31. The Morgan fingerprint density at radius 2 is 1.77 bits per heavy atom. The van der Waals surface area contributed by atoms with E-state index in [4.69, 9.17) is 10.5 Å². The van der Waals surface area contributed by atoms with E-state index in [1.807, 2.05) is 30.1 Å². The van der Waals surface area contributed by atoms with Crippen molar-refractivity contribution >= 4 is 11.5 Å². The lowest BCUT2D eigenvalue weighted by molar-refractivity contribution is 0.101. The van der Waals surface area contributed by atoms with Gasteiger partial charge in [-0.05, 0) is 42.8 Å². The van der Waals surface area contributed by atoms with Crippen LogP contribution in [0.2, 0.25) is 0 Å². The summed E-state index contributed by atoms with van der Waals surface area (Å²) in [6, 6.07) is 16.6. The predicted molar refractivity (Wildman–Crippen MR) is 84.4 cm³/mol. The fraction of sp³-hybridized carbons (Fsp3) is 0.167. The lowest BCUT2D eigenvalue weighted by Crippen LogP contribution is -2.19. The second-order valence-corrected chi connectivity index (χ2v) is 5.07. The summed E-state index contributed by atoms with van der Waals surface area (Å²) >= 11 is 0. The van der Waals surface area contributed by atoms with Crippen molar-refractivity contribution in [3.63, 3.8) is 0 Å². The van der Waals surface area contributed by atoms with Crippen LogP contribution >= 0.6 is 0 Å². The minimum absolute atomic E-state index is 0.0443. The lowest BCUT2D eigenvalue weighted by atomic mass is 10.0. The normalized spacial score (nSPS) is 9.64. The number of nitriles is 2. The number of hydrogen-bond acceptors (Lipinski definition) is 4. The van der Waals surface area contributed by atoms with Crippen LogP contribution in [0.5, 0.6) is 0 Å². The summed E-state index contributed by atoms with van der Waals surface area (Å²) in [5.41, 5.74) is 3.38. The second-order valence-electron chi connectivity index (χ2n) is 5.07. The first-order valence-electron chi connectivity index (χ1n) is 6.80. The highest BCUT2D eigenvalue weighted by Crippen LogP contribution is 2.23. The molecule has 0 spiro atoms. The van der Waals surface area contributed by atoms with Gasteiger partial charge in [0.1, 0.15) is 0 Å². The third kappa shape index (κ3) is 3.31. The zero-order valence-corrected chi connectivity index (χ0v) is 12.5. The van der Waals surface area contributed by atoms with Crippen LogP contribution in [0.15, 0.2) is 42.5 Å². The second kappa shape index (κ2) is 6.56. The molecule has 0 aromatic heterocycles. The molecule has 2 aromatic carbocycles. The largest absolute Gasteiger partial charge is 0.370 e. The zero-order valence-electron chi connectivity index (χ0n) is 12.5. The first-order chi connectivity index (χ1) is 10.5. The van der Waals surface area contributed by atoms with Gasteiger partial charge in [-0.2, -0.15) is 10.5 Å². The van der Waals surface area contributed by atoms with E-state index < -0.39 is 0 Å². The fourth-order valence-electron chi connectivity index (χ4n) is 2.31. The van der Waals surface area contributed by atoms with Crippen LogP contribution in [0.4, 0.5) is 5.69 Å². The van der Waals surface area contributed by atoms with Crippen LogP contribution in [-0.2, 0) is 6.54 Å². The number of rotatable bonds is 4. The molecule has 0 aliphatic heterocycles. The van der Waals surface area contributed by atoms with Crippen LogP contribution < -0.4 is 4.90 Å². The zero-order chi connectivity index (χ0) is 16.1. The van der Waals surface area contributed by atoms with Gasteiger partial charge in [0.25, 0.3) is 0 Å². The monoisotopic (exact) mass is 289 g/mol. The highest BCUT2D eigenvalue weighted by atomic mass is 16.1. The van der Waals surface area contributed by atoms with Crippen molar-refractivity contribution in [1.29, 1.82) is 10.5 Å². The molecule has 0 saturated heterocycles. The van der Waals surface area contributed by atoms with Crippen molar-refractivity contribution < 1.29 is 4.79 Å². The Morgan fingerprint density at radius 3 is 2.41 bits per heavy atom. The summed E-state index contributed by atoms with van der Waals surface area (Å²) < 4.78 is 0. The van der Waals surface area contributed by atoms with Gasteiger partial charge in [0.15, 0.2) is 5.78 Å². The van der Waals surface area contributed by atoms with Crippen molar-refractivity contribution in [3.8, 4) is 12.1 Å². The molecule has 0 N–H and O–H groups in total. The van der Waals surface area contributed by atoms with Gasteiger partial charge in [-0.3, -0.25) is 4.79 Å². The smallest absolute Gasteiger partial charge is 0.161 e. The average Bonchev–Trinajstić information content (AvgIpc) is 2.54. The molecule has 0 amide bonds. The van der Waals surface area contributed by atoms with E-state index in [1.54, 1.807) is 24.3 Å². The van der Waals surface area contributed by atoms with E-state index in [0.29, 0.717) is 28.9 Å². The highest BCUT2D eigenvalue weighted by Gasteiger charge is 2.13.